The topological polar surface area (TPSA) is 35.2 Å². The quantitative estimate of drug-likeness (QED) is 0.803. The lowest BCUT2D eigenvalue weighted by atomic mass is 9.88. The Morgan fingerprint density at radius 3 is 2.76 bits per heavy atom. The van der Waals surface area contributed by atoms with E-state index in [1.165, 1.54) is 31.2 Å². The number of anilines is 1. The second kappa shape index (κ2) is 5.54. The third kappa shape index (κ3) is 3.22. The van der Waals surface area contributed by atoms with Crippen molar-refractivity contribution in [2.24, 2.45) is 5.92 Å². The van der Waals surface area contributed by atoms with Gasteiger partial charge in [0, 0.05) is 5.69 Å². The molecular weight excluding hydrogens is 210 g/mol. The maximum Gasteiger partial charge on any atom is 0.0801 e. The molecule has 2 nitrogen and oxygen atoms in total. The highest BCUT2D eigenvalue weighted by atomic mass is 16.5. The fourth-order valence-electron chi connectivity index (χ4n) is 2.64. The van der Waals surface area contributed by atoms with Crippen molar-refractivity contribution in [2.75, 3.05) is 5.73 Å². The van der Waals surface area contributed by atoms with Crippen LogP contribution in [0.5, 0.6) is 0 Å². The average molecular weight is 233 g/mol. The zero-order valence-corrected chi connectivity index (χ0v) is 10.9. The van der Waals surface area contributed by atoms with Crippen LogP contribution >= 0.6 is 0 Å². The minimum Gasteiger partial charge on any atom is -0.399 e. The number of hydrogen-bond donors (Lipinski definition) is 1. The molecule has 0 amide bonds. The molecule has 0 bridgehead atoms. The third-order valence-electron chi connectivity index (χ3n) is 3.79. The minimum atomic E-state index is 0.143. The van der Waals surface area contributed by atoms with E-state index in [0.717, 1.165) is 5.69 Å². The van der Waals surface area contributed by atoms with Crippen LogP contribution in [0.25, 0.3) is 0 Å². The summed E-state index contributed by atoms with van der Waals surface area (Å²) in [5.41, 5.74) is 7.80. The van der Waals surface area contributed by atoms with Crippen LogP contribution < -0.4 is 5.73 Å². The summed E-state index contributed by atoms with van der Waals surface area (Å²) in [6, 6.07) is 8.01. The first-order valence-corrected chi connectivity index (χ1v) is 6.67. The third-order valence-corrected chi connectivity index (χ3v) is 3.79. The Morgan fingerprint density at radius 1 is 1.29 bits per heavy atom. The second-order valence-corrected chi connectivity index (χ2v) is 5.25. The van der Waals surface area contributed by atoms with E-state index < -0.39 is 0 Å². The molecule has 17 heavy (non-hydrogen) atoms. The van der Waals surface area contributed by atoms with Gasteiger partial charge in [0.1, 0.15) is 0 Å². The molecule has 0 spiro atoms. The molecule has 1 aliphatic rings. The van der Waals surface area contributed by atoms with Gasteiger partial charge in [-0.1, -0.05) is 31.9 Å². The van der Waals surface area contributed by atoms with Crippen molar-refractivity contribution >= 4 is 5.69 Å². The number of nitrogen functional groups attached to an aromatic ring is 1. The van der Waals surface area contributed by atoms with Crippen molar-refractivity contribution in [2.45, 2.75) is 51.7 Å². The molecular formula is C15H23NO. The van der Waals surface area contributed by atoms with Crippen molar-refractivity contribution in [1.82, 2.24) is 0 Å². The summed E-state index contributed by atoms with van der Waals surface area (Å²) in [6.45, 7) is 4.42. The highest BCUT2D eigenvalue weighted by Gasteiger charge is 2.24. The maximum atomic E-state index is 6.19. The Bertz CT molecular complexity index is 364. The van der Waals surface area contributed by atoms with Gasteiger partial charge >= 0.3 is 0 Å². The van der Waals surface area contributed by atoms with Crippen molar-refractivity contribution in [1.29, 1.82) is 0 Å². The Hall–Kier alpha value is -1.02. The molecule has 0 saturated heterocycles. The number of benzene rings is 1. The van der Waals surface area contributed by atoms with Crippen molar-refractivity contribution in [3.8, 4) is 0 Å². The van der Waals surface area contributed by atoms with E-state index in [4.69, 9.17) is 10.5 Å². The lowest BCUT2D eigenvalue weighted by molar-refractivity contribution is -0.0494. The normalized spacial score (nSPS) is 26.7. The van der Waals surface area contributed by atoms with E-state index in [0.29, 0.717) is 12.0 Å². The lowest BCUT2D eigenvalue weighted by Crippen LogP contribution is -2.26. The summed E-state index contributed by atoms with van der Waals surface area (Å²) in [5, 5.41) is 0. The number of nitrogens with two attached hydrogens (primary N) is 1. The van der Waals surface area contributed by atoms with Gasteiger partial charge in [-0.3, -0.25) is 0 Å². The maximum absolute atomic E-state index is 6.19. The predicted octanol–water partition coefficient (Wildman–Crippen LogP) is 3.93. The first-order valence-electron chi connectivity index (χ1n) is 6.67. The molecule has 1 aromatic carbocycles. The molecule has 94 valence electrons. The largest absolute Gasteiger partial charge is 0.399 e. The van der Waals surface area contributed by atoms with Gasteiger partial charge < -0.3 is 10.5 Å². The van der Waals surface area contributed by atoms with Crippen molar-refractivity contribution in [3.05, 3.63) is 29.8 Å². The first kappa shape index (κ1) is 12.4. The van der Waals surface area contributed by atoms with E-state index in [9.17, 15) is 0 Å². The molecule has 2 heteroatoms. The van der Waals surface area contributed by atoms with Gasteiger partial charge in [0.15, 0.2) is 0 Å². The standard InChI is InChI=1S/C15H23NO/c1-11-6-3-4-9-15(11)17-12(2)13-7-5-8-14(16)10-13/h5,7-8,10-12,15H,3-4,6,9,16H2,1-2H3. The fourth-order valence-corrected chi connectivity index (χ4v) is 2.64. The van der Waals surface area contributed by atoms with E-state index >= 15 is 0 Å². The Morgan fingerprint density at radius 2 is 2.06 bits per heavy atom. The number of hydrogen-bond acceptors (Lipinski definition) is 2. The van der Waals surface area contributed by atoms with Crippen LogP contribution in [0.3, 0.4) is 0 Å². The average Bonchev–Trinajstić information content (AvgIpc) is 2.32. The molecule has 0 radical (unpaired) electrons. The molecule has 1 aromatic rings. The molecule has 3 unspecified atom stereocenters. The molecule has 0 aliphatic heterocycles. The summed E-state index contributed by atoms with van der Waals surface area (Å²) >= 11 is 0. The molecule has 0 aromatic heterocycles. The SMILES string of the molecule is CC(OC1CCCCC1C)c1cccc(N)c1. The zero-order valence-electron chi connectivity index (χ0n) is 10.9. The molecule has 2 rings (SSSR count). The molecule has 3 atom stereocenters. The van der Waals surface area contributed by atoms with Gasteiger partial charge in [0.2, 0.25) is 0 Å². The molecule has 2 N–H and O–H groups in total. The Kier molecular flexibility index (Phi) is 4.06. The van der Waals surface area contributed by atoms with Crippen LogP contribution in [0, 0.1) is 5.92 Å². The van der Waals surface area contributed by atoms with Crippen molar-refractivity contribution < 1.29 is 4.74 Å². The first-order chi connectivity index (χ1) is 8.16. The highest BCUT2D eigenvalue weighted by molar-refractivity contribution is 5.41. The van der Waals surface area contributed by atoms with Gasteiger partial charge in [-0.2, -0.15) is 0 Å². The van der Waals surface area contributed by atoms with Gasteiger partial charge in [-0.05, 0) is 43.4 Å². The number of rotatable bonds is 3. The van der Waals surface area contributed by atoms with Crippen LogP contribution in [0.4, 0.5) is 5.69 Å². The van der Waals surface area contributed by atoms with Crippen LogP contribution in [0.15, 0.2) is 24.3 Å². The van der Waals surface area contributed by atoms with Crippen LogP contribution in [-0.4, -0.2) is 6.10 Å². The highest BCUT2D eigenvalue weighted by Crippen LogP contribution is 2.31. The lowest BCUT2D eigenvalue weighted by Gasteiger charge is -2.31. The van der Waals surface area contributed by atoms with Gasteiger partial charge in [0.25, 0.3) is 0 Å². The summed E-state index contributed by atoms with van der Waals surface area (Å²) < 4.78 is 6.19. The number of ether oxygens (including phenoxy) is 1. The van der Waals surface area contributed by atoms with Crippen LogP contribution in [0.1, 0.15) is 51.2 Å². The van der Waals surface area contributed by atoms with E-state index in [-0.39, 0.29) is 6.10 Å². The van der Waals surface area contributed by atoms with E-state index in [2.05, 4.69) is 19.9 Å². The molecule has 1 aliphatic carbocycles. The molecule has 1 saturated carbocycles. The Labute approximate surface area is 104 Å². The molecule has 0 heterocycles. The fraction of sp³-hybridized carbons (Fsp3) is 0.600. The predicted molar refractivity (Wildman–Crippen MR) is 71.8 cm³/mol. The Balaban J connectivity index is 1.98. The van der Waals surface area contributed by atoms with Gasteiger partial charge in [-0.15, -0.1) is 0 Å². The van der Waals surface area contributed by atoms with Gasteiger partial charge in [-0.25, -0.2) is 0 Å². The smallest absolute Gasteiger partial charge is 0.0801 e. The van der Waals surface area contributed by atoms with E-state index in [1.54, 1.807) is 0 Å². The van der Waals surface area contributed by atoms with Gasteiger partial charge in [0.05, 0.1) is 12.2 Å². The van der Waals surface area contributed by atoms with E-state index in [1.807, 2.05) is 18.2 Å². The van der Waals surface area contributed by atoms with Crippen LogP contribution in [0.2, 0.25) is 0 Å². The zero-order chi connectivity index (χ0) is 12.3. The minimum absolute atomic E-state index is 0.143. The summed E-state index contributed by atoms with van der Waals surface area (Å²) in [6.07, 6.45) is 5.72. The van der Waals surface area contributed by atoms with Crippen molar-refractivity contribution in [3.63, 3.8) is 0 Å². The monoisotopic (exact) mass is 233 g/mol. The molecule has 1 fully saturated rings. The second-order valence-electron chi connectivity index (χ2n) is 5.25. The summed E-state index contributed by atoms with van der Waals surface area (Å²) in [5.74, 6) is 0.687. The summed E-state index contributed by atoms with van der Waals surface area (Å²) in [7, 11) is 0. The summed E-state index contributed by atoms with van der Waals surface area (Å²) in [4.78, 5) is 0. The van der Waals surface area contributed by atoms with Crippen LogP contribution in [-0.2, 0) is 4.74 Å².